The predicted octanol–water partition coefficient (Wildman–Crippen LogP) is 7.87. The van der Waals surface area contributed by atoms with Crippen molar-refractivity contribution in [1.29, 1.82) is 0 Å². The summed E-state index contributed by atoms with van der Waals surface area (Å²) in [5, 5.41) is 0. The van der Waals surface area contributed by atoms with Gasteiger partial charge in [0.05, 0.1) is 13.2 Å². The number of esters is 2. The Morgan fingerprint density at radius 1 is 0.594 bits per heavy atom. The lowest BCUT2D eigenvalue weighted by molar-refractivity contribution is -0.147. The number of unbranched alkanes of at least 4 members (excludes halogenated alkanes) is 6. The lowest BCUT2D eigenvalue weighted by Crippen LogP contribution is -2.23. The lowest BCUT2D eigenvalue weighted by Gasteiger charge is -2.27. The van der Waals surface area contributed by atoms with Crippen LogP contribution in [0, 0.1) is 23.7 Å². The number of hydrogen-bond donors (Lipinski definition) is 0. The molecule has 0 aromatic rings. The zero-order chi connectivity index (χ0) is 23.6. The van der Waals surface area contributed by atoms with Crippen molar-refractivity contribution < 1.29 is 19.1 Å². The first-order valence-corrected chi connectivity index (χ1v) is 13.7. The van der Waals surface area contributed by atoms with Gasteiger partial charge in [-0.05, 0) is 62.2 Å². The van der Waals surface area contributed by atoms with E-state index in [1.165, 1.54) is 38.5 Å². The molecule has 0 heterocycles. The Hall–Kier alpha value is -1.06. The summed E-state index contributed by atoms with van der Waals surface area (Å²) in [5.74, 6) is 2.43. The molecule has 0 aliphatic heterocycles. The Morgan fingerprint density at radius 3 is 1.28 bits per heavy atom. The first-order valence-electron chi connectivity index (χ1n) is 13.7. The average molecular weight is 453 g/mol. The molecular weight excluding hydrogens is 400 g/mol. The van der Waals surface area contributed by atoms with Gasteiger partial charge in [-0.15, -0.1) is 0 Å². The minimum absolute atomic E-state index is 0.0332. The van der Waals surface area contributed by atoms with Gasteiger partial charge in [0.1, 0.15) is 0 Å². The third-order valence-corrected chi connectivity index (χ3v) is 6.75. The first kappa shape index (κ1) is 29.0. The van der Waals surface area contributed by atoms with Crippen LogP contribution in [-0.2, 0) is 19.1 Å². The highest BCUT2D eigenvalue weighted by molar-refractivity contribution is 5.69. The molecule has 0 amide bonds. The lowest BCUT2D eigenvalue weighted by atomic mass is 9.83. The molecule has 0 atom stereocenters. The van der Waals surface area contributed by atoms with Crippen LogP contribution in [0.15, 0.2) is 0 Å². The number of carbonyl (C=O) groups is 2. The molecule has 1 fully saturated rings. The van der Waals surface area contributed by atoms with Crippen LogP contribution < -0.4 is 0 Å². The summed E-state index contributed by atoms with van der Waals surface area (Å²) < 4.78 is 11.0. The van der Waals surface area contributed by atoms with Crippen LogP contribution in [0.3, 0.4) is 0 Å². The molecule has 0 spiro atoms. The van der Waals surface area contributed by atoms with Crippen molar-refractivity contribution in [1.82, 2.24) is 0 Å². The summed E-state index contributed by atoms with van der Waals surface area (Å²) in [6.45, 7) is 10.2. The van der Waals surface area contributed by atoms with E-state index in [1.54, 1.807) is 0 Å². The van der Waals surface area contributed by atoms with Crippen LogP contribution in [0.25, 0.3) is 0 Å². The largest absolute Gasteiger partial charge is 0.465 e. The van der Waals surface area contributed by atoms with E-state index in [0.717, 1.165) is 63.2 Å². The number of rotatable bonds is 18. The van der Waals surface area contributed by atoms with Crippen LogP contribution in [0.2, 0.25) is 0 Å². The Kier molecular flexibility index (Phi) is 16.6. The molecule has 1 saturated carbocycles. The van der Waals surface area contributed by atoms with E-state index in [0.29, 0.717) is 37.9 Å². The molecule has 32 heavy (non-hydrogen) atoms. The number of hydrogen-bond acceptors (Lipinski definition) is 4. The molecule has 0 aromatic heterocycles. The first-order chi connectivity index (χ1) is 15.4. The van der Waals surface area contributed by atoms with Crippen molar-refractivity contribution in [3.63, 3.8) is 0 Å². The second-order valence-electron chi connectivity index (χ2n) is 10.9. The maximum Gasteiger partial charge on any atom is 0.305 e. The van der Waals surface area contributed by atoms with Crippen molar-refractivity contribution >= 4 is 11.9 Å². The highest BCUT2D eigenvalue weighted by Gasteiger charge is 2.23. The molecule has 0 bridgehead atoms. The Morgan fingerprint density at radius 2 is 0.938 bits per heavy atom. The molecule has 1 rings (SSSR count). The zero-order valence-electron chi connectivity index (χ0n) is 21.7. The van der Waals surface area contributed by atoms with Crippen molar-refractivity contribution in [3.8, 4) is 0 Å². The van der Waals surface area contributed by atoms with Gasteiger partial charge in [-0.25, -0.2) is 0 Å². The average Bonchev–Trinajstić information content (AvgIpc) is 2.76. The van der Waals surface area contributed by atoms with Gasteiger partial charge in [0, 0.05) is 12.8 Å². The second-order valence-corrected chi connectivity index (χ2v) is 10.9. The van der Waals surface area contributed by atoms with Crippen LogP contribution in [0.5, 0.6) is 0 Å². The molecule has 4 nitrogen and oxygen atoms in total. The molecule has 0 radical (unpaired) electrons. The fourth-order valence-corrected chi connectivity index (χ4v) is 4.48. The van der Waals surface area contributed by atoms with Gasteiger partial charge in [0.2, 0.25) is 0 Å². The third-order valence-electron chi connectivity index (χ3n) is 6.75. The summed E-state index contributed by atoms with van der Waals surface area (Å²) >= 11 is 0. The molecular formula is C28H52O4. The van der Waals surface area contributed by atoms with Gasteiger partial charge in [-0.2, -0.15) is 0 Å². The summed E-state index contributed by atoms with van der Waals surface area (Å²) in [6.07, 6.45) is 17.1. The molecule has 0 N–H and O–H groups in total. The molecule has 1 aliphatic carbocycles. The number of ether oxygens (including phenoxy) is 2. The molecule has 0 aromatic carbocycles. The summed E-state index contributed by atoms with van der Waals surface area (Å²) in [6, 6.07) is 0. The molecule has 0 unspecified atom stereocenters. The van der Waals surface area contributed by atoms with E-state index in [9.17, 15) is 9.59 Å². The van der Waals surface area contributed by atoms with Gasteiger partial charge in [-0.1, -0.05) is 79.1 Å². The van der Waals surface area contributed by atoms with Gasteiger partial charge in [-0.3, -0.25) is 9.59 Å². The highest BCUT2D eigenvalue weighted by Crippen LogP contribution is 2.29. The van der Waals surface area contributed by atoms with Gasteiger partial charge in [0.25, 0.3) is 0 Å². The van der Waals surface area contributed by atoms with Crippen molar-refractivity contribution in [2.75, 3.05) is 13.2 Å². The van der Waals surface area contributed by atoms with Crippen molar-refractivity contribution in [3.05, 3.63) is 0 Å². The smallest absolute Gasteiger partial charge is 0.305 e. The Bertz CT molecular complexity index is 434. The summed E-state index contributed by atoms with van der Waals surface area (Å²) in [5.41, 5.74) is 0. The topological polar surface area (TPSA) is 52.6 Å². The minimum atomic E-state index is -0.0332. The normalized spacial score (nSPS) is 18.8. The second kappa shape index (κ2) is 18.4. The highest BCUT2D eigenvalue weighted by atomic mass is 16.5. The van der Waals surface area contributed by atoms with E-state index in [4.69, 9.17) is 9.47 Å². The SMILES string of the molecule is CC(C)CCCCCCC(=O)OCC1CCC(COC(=O)CCCCCCC(C)C)CC1. The fraction of sp³-hybridized carbons (Fsp3) is 0.929. The van der Waals surface area contributed by atoms with Crippen LogP contribution in [0.1, 0.15) is 130 Å². The quantitative estimate of drug-likeness (QED) is 0.157. The van der Waals surface area contributed by atoms with Gasteiger partial charge < -0.3 is 9.47 Å². The van der Waals surface area contributed by atoms with Crippen LogP contribution in [0.4, 0.5) is 0 Å². The van der Waals surface area contributed by atoms with E-state index >= 15 is 0 Å². The maximum atomic E-state index is 12.0. The Balaban J connectivity index is 1.97. The van der Waals surface area contributed by atoms with Gasteiger partial charge in [0.15, 0.2) is 0 Å². The predicted molar refractivity (Wildman–Crippen MR) is 132 cm³/mol. The Labute approximate surface area is 198 Å². The molecule has 0 saturated heterocycles. The third kappa shape index (κ3) is 16.6. The van der Waals surface area contributed by atoms with E-state index in [2.05, 4.69) is 27.7 Å². The molecule has 188 valence electrons. The van der Waals surface area contributed by atoms with Crippen molar-refractivity contribution in [2.45, 2.75) is 130 Å². The maximum absolute atomic E-state index is 12.0. The summed E-state index contributed by atoms with van der Waals surface area (Å²) in [7, 11) is 0. The van der Waals surface area contributed by atoms with Gasteiger partial charge >= 0.3 is 11.9 Å². The van der Waals surface area contributed by atoms with Crippen LogP contribution >= 0.6 is 0 Å². The number of carbonyl (C=O) groups excluding carboxylic acids is 2. The molecule has 1 aliphatic rings. The monoisotopic (exact) mass is 452 g/mol. The zero-order valence-corrected chi connectivity index (χ0v) is 21.7. The fourth-order valence-electron chi connectivity index (χ4n) is 4.48. The minimum Gasteiger partial charge on any atom is -0.465 e. The van der Waals surface area contributed by atoms with Crippen molar-refractivity contribution in [2.24, 2.45) is 23.7 Å². The standard InChI is InChI=1S/C28H52O4/c1-23(2)13-9-5-7-11-15-27(29)31-21-25-17-19-26(20-18-25)22-32-28(30)16-12-8-6-10-14-24(3)4/h23-26H,5-22H2,1-4H3. The van der Waals surface area contributed by atoms with E-state index in [-0.39, 0.29) is 11.9 Å². The van der Waals surface area contributed by atoms with E-state index in [1.807, 2.05) is 0 Å². The molecule has 4 heteroatoms. The van der Waals surface area contributed by atoms with E-state index < -0.39 is 0 Å². The van der Waals surface area contributed by atoms with Crippen LogP contribution in [-0.4, -0.2) is 25.2 Å². The summed E-state index contributed by atoms with van der Waals surface area (Å²) in [4.78, 5) is 23.9.